The molecule has 0 saturated heterocycles. The van der Waals surface area contributed by atoms with Crippen LogP contribution in [-0.2, 0) is 16.4 Å². The second-order valence-corrected chi connectivity index (χ2v) is 10.8. The van der Waals surface area contributed by atoms with Gasteiger partial charge in [-0.05, 0) is 66.4 Å². The molecule has 1 atom stereocenters. The summed E-state index contributed by atoms with van der Waals surface area (Å²) in [6.07, 6.45) is 0.656. The molecule has 0 aliphatic carbocycles. The molecule has 0 spiro atoms. The third-order valence-corrected chi connectivity index (χ3v) is 8.20. The molecular formula is C29H25ClF2NO2S. The van der Waals surface area contributed by atoms with Crippen molar-refractivity contribution in [1.29, 1.82) is 0 Å². The number of rotatable bonds is 8. The minimum absolute atomic E-state index is 0.0788. The molecule has 0 saturated carbocycles. The monoisotopic (exact) mass is 524 g/mol. The number of anilines is 1. The quantitative estimate of drug-likeness (QED) is 0.236. The molecule has 4 aromatic carbocycles. The summed E-state index contributed by atoms with van der Waals surface area (Å²) < 4.78 is 58.0. The van der Waals surface area contributed by atoms with Crippen LogP contribution in [0.25, 0.3) is 0 Å². The smallest absolute Gasteiger partial charge is 0.256 e. The van der Waals surface area contributed by atoms with E-state index in [9.17, 15) is 12.8 Å². The normalized spacial score (nSPS) is 12.5. The molecule has 0 unspecified atom stereocenters. The van der Waals surface area contributed by atoms with Crippen LogP contribution in [0.2, 0.25) is 5.02 Å². The zero-order chi connectivity index (χ0) is 25.9. The van der Waals surface area contributed by atoms with Crippen LogP contribution < -0.4 is 4.31 Å². The Kier molecular flexibility index (Phi) is 7.76. The molecule has 7 heteroatoms. The van der Waals surface area contributed by atoms with Crippen molar-refractivity contribution >= 4 is 27.3 Å². The molecule has 0 aromatic heterocycles. The Bertz CT molecular complexity index is 1440. The Labute approximate surface area is 216 Å². The number of nitrogens with zero attached hydrogens (tertiary/aromatic N) is 1. The van der Waals surface area contributed by atoms with Crippen molar-refractivity contribution in [1.82, 2.24) is 0 Å². The largest absolute Gasteiger partial charge is 0.264 e. The van der Waals surface area contributed by atoms with E-state index in [1.54, 1.807) is 13.0 Å². The minimum atomic E-state index is -4.30. The summed E-state index contributed by atoms with van der Waals surface area (Å²) >= 11 is 5.96. The molecule has 0 bridgehead atoms. The number of sulfonamides is 1. The highest BCUT2D eigenvalue weighted by molar-refractivity contribution is 7.92. The molecule has 36 heavy (non-hydrogen) atoms. The van der Waals surface area contributed by atoms with E-state index < -0.39 is 27.7 Å². The Morgan fingerprint density at radius 1 is 0.889 bits per heavy atom. The predicted molar refractivity (Wildman–Crippen MR) is 140 cm³/mol. The van der Waals surface area contributed by atoms with Crippen molar-refractivity contribution in [2.75, 3.05) is 4.31 Å². The first-order chi connectivity index (χ1) is 17.2. The van der Waals surface area contributed by atoms with Gasteiger partial charge in [-0.2, -0.15) is 0 Å². The van der Waals surface area contributed by atoms with Crippen LogP contribution in [-0.4, -0.2) is 8.42 Å². The molecule has 3 nitrogen and oxygen atoms in total. The maximum Gasteiger partial charge on any atom is 0.264 e. The zero-order valence-electron chi connectivity index (χ0n) is 19.8. The first-order valence-electron chi connectivity index (χ1n) is 11.4. The second kappa shape index (κ2) is 10.8. The van der Waals surface area contributed by atoms with Gasteiger partial charge < -0.3 is 0 Å². The van der Waals surface area contributed by atoms with Crippen molar-refractivity contribution in [2.24, 2.45) is 0 Å². The van der Waals surface area contributed by atoms with Crippen molar-refractivity contribution in [2.45, 2.75) is 31.2 Å². The first kappa shape index (κ1) is 25.9. The zero-order valence-corrected chi connectivity index (χ0v) is 21.4. The van der Waals surface area contributed by atoms with E-state index in [4.69, 9.17) is 11.6 Å². The van der Waals surface area contributed by atoms with E-state index in [0.29, 0.717) is 17.0 Å². The van der Waals surface area contributed by atoms with Crippen LogP contribution in [0.1, 0.15) is 36.6 Å². The topological polar surface area (TPSA) is 37.4 Å². The summed E-state index contributed by atoms with van der Waals surface area (Å²) in [5, 5.41) is 0.363. The van der Waals surface area contributed by atoms with E-state index in [1.165, 1.54) is 24.3 Å². The van der Waals surface area contributed by atoms with Gasteiger partial charge in [-0.15, -0.1) is 0 Å². The molecule has 185 valence electrons. The maximum absolute atomic E-state index is 15.1. The van der Waals surface area contributed by atoms with E-state index in [2.05, 4.69) is 0 Å². The lowest BCUT2D eigenvalue weighted by Crippen LogP contribution is -2.35. The molecule has 4 aromatic rings. The van der Waals surface area contributed by atoms with Gasteiger partial charge >= 0.3 is 0 Å². The van der Waals surface area contributed by atoms with Crippen molar-refractivity contribution < 1.29 is 17.2 Å². The second-order valence-electron chi connectivity index (χ2n) is 8.56. The van der Waals surface area contributed by atoms with Crippen LogP contribution in [0.15, 0.2) is 102 Å². The third-order valence-electron chi connectivity index (χ3n) is 6.05. The Hall–Kier alpha value is -3.22. The molecule has 0 N–H and O–H groups in total. The van der Waals surface area contributed by atoms with Crippen molar-refractivity contribution in [3.63, 3.8) is 0 Å². The van der Waals surface area contributed by atoms with Crippen molar-refractivity contribution in [3.05, 3.63) is 136 Å². The first-order valence-corrected chi connectivity index (χ1v) is 13.2. The van der Waals surface area contributed by atoms with E-state index in [0.717, 1.165) is 39.5 Å². The summed E-state index contributed by atoms with van der Waals surface area (Å²) in [6, 6.07) is 24.9. The summed E-state index contributed by atoms with van der Waals surface area (Å²) in [4.78, 5) is -0.0788. The van der Waals surface area contributed by atoms with E-state index in [-0.39, 0.29) is 10.6 Å². The van der Waals surface area contributed by atoms with Gasteiger partial charge in [0.25, 0.3) is 10.0 Å². The molecular weight excluding hydrogens is 500 g/mol. The number of benzene rings is 4. The molecule has 0 amide bonds. The van der Waals surface area contributed by atoms with Crippen LogP contribution in [0.3, 0.4) is 0 Å². The Morgan fingerprint density at radius 2 is 1.53 bits per heavy atom. The summed E-state index contributed by atoms with van der Waals surface area (Å²) in [5.74, 6) is -0.564. The van der Waals surface area contributed by atoms with Gasteiger partial charge in [0.15, 0.2) is 0 Å². The van der Waals surface area contributed by atoms with Gasteiger partial charge in [-0.3, -0.25) is 4.31 Å². The highest BCUT2D eigenvalue weighted by Crippen LogP contribution is 2.38. The average molecular weight is 525 g/mol. The van der Waals surface area contributed by atoms with Crippen LogP contribution >= 0.6 is 11.6 Å². The van der Waals surface area contributed by atoms with Gasteiger partial charge in [-0.25, -0.2) is 17.2 Å². The number of hydrogen-bond donors (Lipinski definition) is 0. The van der Waals surface area contributed by atoms with Crippen LogP contribution in [0.4, 0.5) is 14.5 Å². The van der Waals surface area contributed by atoms with Gasteiger partial charge in [0.05, 0.1) is 16.6 Å². The lowest BCUT2D eigenvalue weighted by molar-refractivity contribution is 0.570. The van der Waals surface area contributed by atoms with Gasteiger partial charge in [0, 0.05) is 17.0 Å². The van der Waals surface area contributed by atoms with Gasteiger partial charge in [-0.1, -0.05) is 73.1 Å². The molecule has 0 aliphatic rings. The van der Waals surface area contributed by atoms with Gasteiger partial charge in [0.2, 0.25) is 0 Å². The standard InChI is InChI=1S/C29H25ClF2NO2S/c1-20(18-22-8-4-3-5-9-22)26-10-6-7-11-27(26)21(2)33(29-19-24(31)14-17-28(29)32)36(34,35)25-15-12-23(30)13-16-25/h3-17,19,21H,18H2,1-2H3/t21-/m1/s1. The predicted octanol–water partition coefficient (Wildman–Crippen LogP) is 7.76. The summed E-state index contributed by atoms with van der Waals surface area (Å²) in [5.41, 5.74) is 2.27. The van der Waals surface area contributed by atoms with Crippen LogP contribution in [0.5, 0.6) is 0 Å². The molecule has 1 radical (unpaired) electrons. The average Bonchev–Trinajstić information content (AvgIpc) is 2.87. The van der Waals surface area contributed by atoms with E-state index >= 15 is 4.39 Å². The molecule has 0 fully saturated rings. The highest BCUT2D eigenvalue weighted by Gasteiger charge is 2.34. The Balaban J connectivity index is 1.84. The Morgan fingerprint density at radius 3 is 2.22 bits per heavy atom. The lowest BCUT2D eigenvalue weighted by Gasteiger charge is -2.33. The van der Waals surface area contributed by atoms with E-state index in [1.807, 2.05) is 55.5 Å². The minimum Gasteiger partial charge on any atom is -0.256 e. The molecule has 0 heterocycles. The lowest BCUT2D eigenvalue weighted by atomic mass is 9.88. The third kappa shape index (κ3) is 5.45. The summed E-state index contributed by atoms with van der Waals surface area (Å²) in [6.45, 7) is 3.66. The molecule has 4 rings (SSSR count). The molecule has 0 aliphatic heterocycles. The summed E-state index contributed by atoms with van der Waals surface area (Å²) in [7, 11) is -4.30. The fraction of sp³-hybridized carbons (Fsp3) is 0.138. The SMILES string of the molecule is C[C](Cc1ccccc1)c1ccccc1[C@@H](C)N(c1cc(F)ccc1F)S(=O)(=O)c1ccc(Cl)cc1. The fourth-order valence-corrected chi connectivity index (χ4v) is 6.06. The highest BCUT2D eigenvalue weighted by atomic mass is 35.5. The van der Waals surface area contributed by atoms with Crippen molar-refractivity contribution in [3.8, 4) is 0 Å². The maximum atomic E-state index is 15.1. The fourth-order valence-electron chi connectivity index (χ4n) is 4.29. The number of hydrogen-bond acceptors (Lipinski definition) is 2. The van der Waals surface area contributed by atoms with Crippen LogP contribution in [0, 0.1) is 17.6 Å². The van der Waals surface area contributed by atoms with Gasteiger partial charge in [0.1, 0.15) is 11.6 Å². The number of halogens is 3.